The number of hydrogen-bond acceptors (Lipinski definition) is 2. The van der Waals surface area contributed by atoms with E-state index in [2.05, 4.69) is 252 Å². The second-order valence-corrected chi connectivity index (χ2v) is 20.0. The molecule has 2 aliphatic rings. The molecule has 330 valence electrons. The average Bonchev–Trinajstić information content (AvgIpc) is 4.24. The van der Waals surface area contributed by atoms with Gasteiger partial charge in [-0.05, 0) is 172 Å². The highest BCUT2D eigenvalue weighted by atomic mass is 15.1. The fourth-order valence-corrected chi connectivity index (χ4v) is 13.0. The first-order valence-electron chi connectivity index (χ1n) is 25.0. The Hall–Kier alpha value is -8.98. The summed E-state index contributed by atoms with van der Waals surface area (Å²) in [6, 6.07) is 91.1. The molecule has 16 rings (SSSR count). The van der Waals surface area contributed by atoms with Gasteiger partial charge in [-0.3, -0.25) is 0 Å². The Balaban J connectivity index is 0.818. The van der Waals surface area contributed by atoms with Gasteiger partial charge in [0.15, 0.2) is 0 Å². The van der Waals surface area contributed by atoms with Gasteiger partial charge in [0, 0.05) is 38.9 Å². The van der Waals surface area contributed by atoms with Crippen molar-refractivity contribution in [1.29, 1.82) is 0 Å². The number of nitrogens with zero attached hydrogens (tertiary/aromatic N) is 2. The summed E-state index contributed by atoms with van der Waals surface area (Å²) >= 11 is 0. The van der Waals surface area contributed by atoms with E-state index in [-0.39, 0.29) is 5.41 Å². The van der Waals surface area contributed by atoms with Crippen molar-refractivity contribution in [2.24, 2.45) is 0 Å². The molecule has 0 atom stereocenters. The summed E-state index contributed by atoms with van der Waals surface area (Å²) in [5.41, 5.74) is 15.0. The van der Waals surface area contributed by atoms with Crippen LogP contribution in [0, 0.1) is 0 Å². The van der Waals surface area contributed by atoms with E-state index < -0.39 is 0 Å². The number of fused-ring (bicyclic) bond motifs is 4. The van der Waals surface area contributed by atoms with Crippen LogP contribution in [0.25, 0.3) is 97.7 Å². The van der Waals surface area contributed by atoms with Crippen LogP contribution in [-0.2, 0) is 5.41 Å². The molecular weight excluding hydrogens is 857 g/mol. The van der Waals surface area contributed by atoms with Gasteiger partial charge >= 0.3 is 0 Å². The molecule has 0 N–H and O–H groups in total. The maximum Gasteiger partial charge on any atom is 0.0540 e. The Morgan fingerprint density at radius 2 is 0.718 bits per heavy atom. The third-order valence-corrected chi connectivity index (χ3v) is 16.3. The normalized spacial score (nSPS) is 13.6. The fourth-order valence-electron chi connectivity index (χ4n) is 13.0. The smallest absolute Gasteiger partial charge is 0.0540 e. The number of anilines is 6. The minimum absolute atomic E-state index is 0.0256. The lowest BCUT2D eigenvalue weighted by atomic mass is 9.73. The van der Waals surface area contributed by atoms with Gasteiger partial charge in [-0.15, -0.1) is 0 Å². The van der Waals surface area contributed by atoms with Crippen LogP contribution in [-0.4, -0.2) is 0 Å². The van der Waals surface area contributed by atoms with Gasteiger partial charge in [-0.1, -0.05) is 182 Å². The second kappa shape index (κ2) is 14.5. The maximum atomic E-state index is 2.53. The SMILES string of the molecule is c1ccc(N(c2ccc(-c3ccc4c5c(cccc35)C3(CC3)c3cc(N(c5ccccc5)c5ccc6ccc7cccc8ccc5c6c78)ccc3-4)cc2)c2ccc3ccc4cccc5ccc2c3c45)cc1. The van der Waals surface area contributed by atoms with Crippen LogP contribution in [0.2, 0.25) is 0 Å². The Bertz CT molecular complexity index is 4420. The van der Waals surface area contributed by atoms with Gasteiger partial charge in [0.05, 0.1) is 11.4 Å². The number of benzene rings is 14. The first-order chi connectivity index (χ1) is 35.2. The van der Waals surface area contributed by atoms with Crippen LogP contribution in [0.3, 0.4) is 0 Å². The molecule has 14 aromatic rings. The first-order valence-corrected chi connectivity index (χ1v) is 25.0. The van der Waals surface area contributed by atoms with Gasteiger partial charge in [-0.2, -0.15) is 0 Å². The van der Waals surface area contributed by atoms with Crippen molar-refractivity contribution in [3.05, 3.63) is 254 Å². The molecule has 2 aliphatic carbocycles. The summed E-state index contributed by atoms with van der Waals surface area (Å²) in [7, 11) is 0. The van der Waals surface area contributed by atoms with E-state index in [1.165, 1.54) is 126 Å². The molecule has 0 bridgehead atoms. The number of para-hydroxylation sites is 2. The van der Waals surface area contributed by atoms with E-state index in [0.29, 0.717) is 0 Å². The quantitative estimate of drug-likeness (QED) is 0.147. The molecule has 1 fully saturated rings. The van der Waals surface area contributed by atoms with E-state index in [4.69, 9.17) is 0 Å². The number of hydrogen-bond donors (Lipinski definition) is 0. The summed E-state index contributed by atoms with van der Waals surface area (Å²) in [6.07, 6.45) is 2.28. The van der Waals surface area contributed by atoms with E-state index in [9.17, 15) is 0 Å². The molecule has 0 aromatic heterocycles. The zero-order chi connectivity index (χ0) is 46.4. The van der Waals surface area contributed by atoms with Gasteiger partial charge in [0.2, 0.25) is 0 Å². The standard InChI is InChI=1S/C69H44N2/c1-3-14-50(15-4-1)70(62-38-28-48-22-20-44-10-7-12-46-26-33-58(62)66(48)64(44)46)52-30-24-43(25-31-52)54-36-37-57-55-35-32-53(42-61(55)69(40-41-69)60-19-9-18-56(54)68(57)60)71(51-16-5-2-6-17-51)63-39-29-49-23-21-45-11-8-13-47-27-34-59(63)67(49)65(45)47/h1-39,42H,40-41H2. The molecule has 2 nitrogen and oxygen atoms in total. The van der Waals surface area contributed by atoms with E-state index in [1.54, 1.807) is 0 Å². The monoisotopic (exact) mass is 900 g/mol. The van der Waals surface area contributed by atoms with Crippen molar-refractivity contribution >= 4 is 110 Å². The summed E-state index contributed by atoms with van der Waals surface area (Å²) < 4.78 is 0. The third kappa shape index (κ3) is 5.53. The zero-order valence-electron chi connectivity index (χ0n) is 38.9. The molecular formula is C69H44N2. The molecule has 71 heavy (non-hydrogen) atoms. The van der Waals surface area contributed by atoms with Crippen LogP contribution in [0.5, 0.6) is 0 Å². The highest BCUT2D eigenvalue weighted by molar-refractivity contribution is 6.27. The Labute approximate surface area is 411 Å². The molecule has 0 amide bonds. The third-order valence-electron chi connectivity index (χ3n) is 16.3. The van der Waals surface area contributed by atoms with Gasteiger partial charge in [0.25, 0.3) is 0 Å². The van der Waals surface area contributed by atoms with Crippen LogP contribution in [0.1, 0.15) is 24.0 Å². The average molecular weight is 901 g/mol. The topological polar surface area (TPSA) is 6.48 Å². The summed E-state index contributed by atoms with van der Waals surface area (Å²) in [4.78, 5) is 4.92. The molecule has 1 spiro atoms. The molecule has 0 radical (unpaired) electrons. The largest absolute Gasteiger partial charge is 0.310 e. The maximum absolute atomic E-state index is 2.53. The molecule has 0 heterocycles. The van der Waals surface area contributed by atoms with E-state index >= 15 is 0 Å². The van der Waals surface area contributed by atoms with E-state index in [0.717, 1.165) is 29.9 Å². The molecule has 0 aliphatic heterocycles. The first kappa shape index (κ1) is 38.9. The van der Waals surface area contributed by atoms with Crippen molar-refractivity contribution in [3.63, 3.8) is 0 Å². The summed E-state index contributed by atoms with van der Waals surface area (Å²) in [6.45, 7) is 0. The lowest BCUT2D eigenvalue weighted by molar-refractivity contribution is 0.853. The Morgan fingerprint density at radius 1 is 0.268 bits per heavy atom. The Kier molecular flexibility index (Phi) is 7.96. The van der Waals surface area contributed by atoms with Crippen molar-refractivity contribution < 1.29 is 0 Å². The highest BCUT2D eigenvalue weighted by Crippen LogP contribution is 2.63. The predicted molar refractivity (Wildman–Crippen MR) is 302 cm³/mol. The minimum Gasteiger partial charge on any atom is -0.310 e. The van der Waals surface area contributed by atoms with Crippen molar-refractivity contribution in [2.75, 3.05) is 9.80 Å². The molecule has 2 heteroatoms. The van der Waals surface area contributed by atoms with Crippen LogP contribution in [0.15, 0.2) is 243 Å². The number of rotatable bonds is 7. The van der Waals surface area contributed by atoms with E-state index in [1.807, 2.05) is 0 Å². The van der Waals surface area contributed by atoms with Crippen molar-refractivity contribution in [3.8, 4) is 22.3 Å². The highest BCUT2D eigenvalue weighted by Gasteiger charge is 2.50. The molecule has 0 saturated heterocycles. The summed E-state index contributed by atoms with van der Waals surface area (Å²) in [5, 5.41) is 18.2. The van der Waals surface area contributed by atoms with Gasteiger partial charge in [0.1, 0.15) is 0 Å². The van der Waals surface area contributed by atoms with Crippen LogP contribution >= 0.6 is 0 Å². The predicted octanol–water partition coefficient (Wildman–Crippen LogP) is 19.3. The second-order valence-electron chi connectivity index (χ2n) is 20.0. The van der Waals surface area contributed by atoms with Gasteiger partial charge < -0.3 is 9.80 Å². The van der Waals surface area contributed by atoms with Crippen molar-refractivity contribution in [2.45, 2.75) is 18.3 Å². The molecule has 0 unspecified atom stereocenters. The molecule has 14 aromatic carbocycles. The Morgan fingerprint density at radius 3 is 1.28 bits per heavy atom. The summed E-state index contributed by atoms with van der Waals surface area (Å²) in [5.74, 6) is 0. The molecule has 1 saturated carbocycles. The fraction of sp³-hybridized carbons (Fsp3) is 0.0435. The lowest BCUT2D eigenvalue weighted by Crippen LogP contribution is -2.17. The van der Waals surface area contributed by atoms with Crippen LogP contribution < -0.4 is 9.80 Å². The minimum atomic E-state index is -0.0256. The lowest BCUT2D eigenvalue weighted by Gasteiger charge is -2.33. The van der Waals surface area contributed by atoms with Gasteiger partial charge in [-0.25, -0.2) is 0 Å². The van der Waals surface area contributed by atoms with Crippen molar-refractivity contribution in [1.82, 2.24) is 0 Å². The zero-order valence-corrected chi connectivity index (χ0v) is 38.9. The van der Waals surface area contributed by atoms with Crippen LogP contribution in [0.4, 0.5) is 34.1 Å².